The highest BCUT2D eigenvalue weighted by atomic mass is 32.1. The molecule has 6 nitrogen and oxygen atoms in total. The fourth-order valence-electron chi connectivity index (χ4n) is 4.89. The Balaban J connectivity index is 1.89. The topological polar surface area (TPSA) is 92.7 Å². The van der Waals surface area contributed by atoms with Gasteiger partial charge in [0.2, 0.25) is 5.91 Å². The Hall–Kier alpha value is -1.89. The second-order valence-corrected chi connectivity index (χ2v) is 10.4. The molecular formula is C23H33NO5S. The van der Waals surface area contributed by atoms with Crippen LogP contribution in [0.15, 0.2) is 0 Å². The standard InChI is InChI=1S/C23H33NO5S/c1-5-23(2,3)13-10-11-16-17(12-13)30-20(18(16)22(28)29-4)24-19(25)14-8-6-7-9-15(14)21(26)27/h13-15H,5-12H2,1-4H3,(H,24,25)(H,26,27)/t13-,14+,15+/m1/s1. The first-order chi connectivity index (χ1) is 14.2. The molecule has 0 aromatic carbocycles. The zero-order valence-corrected chi connectivity index (χ0v) is 19.2. The summed E-state index contributed by atoms with van der Waals surface area (Å²) in [6, 6.07) is 0. The van der Waals surface area contributed by atoms with E-state index < -0.39 is 23.8 Å². The van der Waals surface area contributed by atoms with E-state index in [2.05, 4.69) is 26.1 Å². The van der Waals surface area contributed by atoms with Gasteiger partial charge in [-0.2, -0.15) is 0 Å². The summed E-state index contributed by atoms with van der Waals surface area (Å²) in [5.41, 5.74) is 1.66. The van der Waals surface area contributed by atoms with Gasteiger partial charge in [-0.05, 0) is 49.0 Å². The van der Waals surface area contributed by atoms with Gasteiger partial charge in [-0.3, -0.25) is 9.59 Å². The average molecular weight is 436 g/mol. The molecule has 7 heteroatoms. The number of ether oxygens (including phenoxy) is 1. The van der Waals surface area contributed by atoms with E-state index in [-0.39, 0.29) is 11.3 Å². The maximum absolute atomic E-state index is 13.0. The van der Waals surface area contributed by atoms with Crippen LogP contribution >= 0.6 is 11.3 Å². The summed E-state index contributed by atoms with van der Waals surface area (Å²) < 4.78 is 5.03. The maximum atomic E-state index is 13.0. The van der Waals surface area contributed by atoms with Crippen molar-refractivity contribution in [2.75, 3.05) is 12.4 Å². The fraction of sp³-hybridized carbons (Fsp3) is 0.696. The minimum absolute atomic E-state index is 0.216. The quantitative estimate of drug-likeness (QED) is 0.620. The Morgan fingerprint density at radius 3 is 2.43 bits per heavy atom. The third kappa shape index (κ3) is 4.41. The monoisotopic (exact) mass is 435 g/mol. The molecule has 1 heterocycles. The number of nitrogens with one attached hydrogen (secondary N) is 1. The lowest BCUT2D eigenvalue weighted by atomic mass is 9.69. The molecule has 1 saturated carbocycles. The van der Waals surface area contributed by atoms with Crippen molar-refractivity contribution < 1.29 is 24.2 Å². The van der Waals surface area contributed by atoms with E-state index in [0.29, 0.717) is 29.3 Å². The summed E-state index contributed by atoms with van der Waals surface area (Å²) in [6.45, 7) is 6.78. The molecule has 166 valence electrons. The number of esters is 1. The molecule has 2 aliphatic rings. The summed E-state index contributed by atoms with van der Waals surface area (Å²) in [7, 11) is 1.35. The van der Waals surface area contributed by atoms with Crippen LogP contribution in [-0.4, -0.2) is 30.1 Å². The molecular weight excluding hydrogens is 402 g/mol. The zero-order valence-electron chi connectivity index (χ0n) is 18.4. The summed E-state index contributed by atoms with van der Waals surface area (Å²) in [5.74, 6) is -2.35. The highest BCUT2D eigenvalue weighted by Crippen LogP contribution is 2.46. The Labute approximate surface area is 182 Å². The first-order valence-corrected chi connectivity index (χ1v) is 11.8. The maximum Gasteiger partial charge on any atom is 0.341 e. The number of carboxylic acids is 1. The average Bonchev–Trinajstić information content (AvgIpc) is 3.09. The van der Waals surface area contributed by atoms with E-state index in [0.717, 1.165) is 49.0 Å². The van der Waals surface area contributed by atoms with Crippen LogP contribution in [-0.2, 0) is 27.2 Å². The van der Waals surface area contributed by atoms with E-state index in [1.54, 1.807) is 0 Å². The van der Waals surface area contributed by atoms with Gasteiger partial charge in [-0.15, -0.1) is 11.3 Å². The van der Waals surface area contributed by atoms with Crippen molar-refractivity contribution in [1.29, 1.82) is 0 Å². The van der Waals surface area contributed by atoms with E-state index in [4.69, 9.17) is 4.74 Å². The Bertz CT molecular complexity index is 828. The number of anilines is 1. The Morgan fingerprint density at radius 1 is 1.17 bits per heavy atom. The summed E-state index contributed by atoms with van der Waals surface area (Å²) in [6.07, 6.45) is 6.54. The Kier molecular flexibility index (Phi) is 6.90. The smallest absolute Gasteiger partial charge is 0.341 e. The first-order valence-electron chi connectivity index (χ1n) is 11.0. The number of hydrogen-bond donors (Lipinski definition) is 2. The highest BCUT2D eigenvalue weighted by Gasteiger charge is 2.38. The molecule has 0 unspecified atom stereocenters. The number of aliphatic carboxylic acids is 1. The normalized spacial score (nSPS) is 24.1. The van der Waals surface area contributed by atoms with Crippen molar-refractivity contribution in [3.63, 3.8) is 0 Å². The molecule has 1 fully saturated rings. The van der Waals surface area contributed by atoms with E-state index in [1.165, 1.54) is 18.4 Å². The van der Waals surface area contributed by atoms with Gasteiger partial charge in [0.15, 0.2) is 0 Å². The van der Waals surface area contributed by atoms with Gasteiger partial charge in [-0.1, -0.05) is 40.0 Å². The van der Waals surface area contributed by atoms with E-state index >= 15 is 0 Å². The van der Waals surface area contributed by atoms with Gasteiger partial charge in [0.05, 0.1) is 24.5 Å². The number of hydrogen-bond acceptors (Lipinski definition) is 5. The van der Waals surface area contributed by atoms with E-state index in [9.17, 15) is 19.5 Å². The summed E-state index contributed by atoms with van der Waals surface area (Å²) >= 11 is 1.46. The third-order valence-corrected chi connectivity index (χ3v) is 8.50. The second-order valence-electron chi connectivity index (χ2n) is 9.31. The van der Waals surface area contributed by atoms with Crippen LogP contribution in [0.3, 0.4) is 0 Å². The number of carboxylic acid groups (broad SMARTS) is 1. The van der Waals surface area contributed by atoms with Gasteiger partial charge in [0, 0.05) is 4.88 Å². The molecule has 1 aromatic rings. The minimum atomic E-state index is -0.918. The Morgan fingerprint density at radius 2 is 1.83 bits per heavy atom. The van der Waals surface area contributed by atoms with Crippen LogP contribution in [0.2, 0.25) is 0 Å². The molecule has 30 heavy (non-hydrogen) atoms. The van der Waals surface area contributed by atoms with Crippen LogP contribution in [0, 0.1) is 23.2 Å². The molecule has 0 saturated heterocycles. The molecule has 1 aromatic heterocycles. The van der Waals surface area contributed by atoms with Gasteiger partial charge in [0.1, 0.15) is 5.00 Å². The van der Waals surface area contributed by atoms with Crippen molar-refractivity contribution >= 4 is 34.2 Å². The van der Waals surface area contributed by atoms with Gasteiger partial charge in [-0.25, -0.2) is 4.79 Å². The highest BCUT2D eigenvalue weighted by molar-refractivity contribution is 7.17. The molecule has 3 atom stereocenters. The van der Waals surface area contributed by atoms with Crippen LogP contribution in [0.5, 0.6) is 0 Å². The number of amides is 1. The number of rotatable bonds is 6. The number of carbonyl (C=O) groups excluding carboxylic acids is 2. The predicted octanol–water partition coefficient (Wildman–Crippen LogP) is 4.91. The molecule has 0 bridgehead atoms. The first kappa shape index (κ1) is 22.8. The van der Waals surface area contributed by atoms with Crippen molar-refractivity contribution in [3.05, 3.63) is 16.0 Å². The molecule has 0 aliphatic heterocycles. The van der Waals surface area contributed by atoms with Crippen molar-refractivity contribution in [3.8, 4) is 0 Å². The number of fused-ring (bicyclic) bond motifs is 1. The molecule has 1 amide bonds. The second kappa shape index (κ2) is 9.08. The lowest BCUT2D eigenvalue weighted by Crippen LogP contribution is -2.36. The van der Waals surface area contributed by atoms with Gasteiger partial charge in [0.25, 0.3) is 0 Å². The lowest BCUT2D eigenvalue weighted by Gasteiger charge is -2.36. The van der Waals surface area contributed by atoms with E-state index in [1.807, 2.05) is 0 Å². The van der Waals surface area contributed by atoms with Crippen LogP contribution in [0.25, 0.3) is 0 Å². The summed E-state index contributed by atoms with van der Waals surface area (Å²) in [4.78, 5) is 38.3. The number of carbonyl (C=O) groups is 3. The van der Waals surface area contributed by atoms with Crippen LogP contribution < -0.4 is 5.32 Å². The third-order valence-electron chi connectivity index (χ3n) is 7.33. The number of thiophene rings is 1. The van der Waals surface area contributed by atoms with Gasteiger partial charge < -0.3 is 15.2 Å². The summed E-state index contributed by atoms with van der Waals surface area (Å²) in [5, 5.41) is 13.0. The molecule has 2 N–H and O–H groups in total. The van der Waals surface area contributed by atoms with Crippen LogP contribution in [0.1, 0.15) is 80.1 Å². The molecule has 3 rings (SSSR count). The fourth-order valence-corrected chi connectivity index (χ4v) is 6.21. The lowest BCUT2D eigenvalue weighted by molar-refractivity contribution is -0.147. The zero-order chi connectivity index (χ0) is 22.1. The van der Waals surface area contributed by atoms with Gasteiger partial charge >= 0.3 is 11.9 Å². The SMILES string of the molecule is CCC(C)(C)[C@@H]1CCc2c(sc(NC(=O)[C@H]3CCCC[C@@H]3C(=O)O)c2C(=O)OC)C1. The van der Waals surface area contributed by atoms with Crippen molar-refractivity contribution in [2.45, 2.75) is 72.1 Å². The number of methoxy groups -OCH3 is 1. The molecule has 2 aliphatic carbocycles. The molecule has 0 spiro atoms. The largest absolute Gasteiger partial charge is 0.481 e. The van der Waals surface area contributed by atoms with Crippen LogP contribution in [0.4, 0.5) is 5.00 Å². The van der Waals surface area contributed by atoms with Crippen molar-refractivity contribution in [2.24, 2.45) is 23.2 Å². The molecule has 0 radical (unpaired) electrons. The predicted molar refractivity (Wildman–Crippen MR) is 117 cm³/mol. The van der Waals surface area contributed by atoms with Crippen molar-refractivity contribution in [1.82, 2.24) is 0 Å². The minimum Gasteiger partial charge on any atom is -0.481 e.